The van der Waals surface area contributed by atoms with E-state index in [1.807, 2.05) is 60.7 Å². The number of rotatable bonds is 5. The average molecular weight is 461 g/mol. The number of ether oxygens (including phenoxy) is 1. The Bertz CT molecular complexity index is 1440. The van der Waals surface area contributed by atoms with E-state index in [1.54, 1.807) is 24.4 Å². The zero-order valence-electron chi connectivity index (χ0n) is 19.2. The molecule has 5 rings (SSSR count). The van der Waals surface area contributed by atoms with Crippen LogP contribution < -0.4 is 10.2 Å². The topological polar surface area (TPSA) is 70.9 Å². The van der Waals surface area contributed by atoms with Gasteiger partial charge in [-0.2, -0.15) is 5.10 Å². The molecule has 1 unspecified atom stereocenters. The van der Waals surface area contributed by atoms with Crippen molar-refractivity contribution in [1.82, 2.24) is 5.43 Å². The van der Waals surface area contributed by atoms with Gasteiger partial charge in [0.25, 0.3) is 5.91 Å². The summed E-state index contributed by atoms with van der Waals surface area (Å²) >= 11 is 0. The lowest BCUT2D eigenvalue weighted by Crippen LogP contribution is -2.21. The van der Waals surface area contributed by atoms with Crippen LogP contribution in [0, 0.1) is 6.92 Å². The molecule has 1 aliphatic heterocycles. The Morgan fingerprint density at radius 1 is 0.857 bits per heavy atom. The summed E-state index contributed by atoms with van der Waals surface area (Å²) in [5, 5.41) is 14.3. The number of phenols is 1. The maximum absolute atomic E-state index is 12.6. The summed E-state index contributed by atoms with van der Waals surface area (Å²) < 4.78 is 6.42. The van der Waals surface area contributed by atoms with Crippen molar-refractivity contribution < 1.29 is 14.6 Å². The van der Waals surface area contributed by atoms with E-state index >= 15 is 0 Å². The number of phenolic OH excluding ortho intramolecular Hbond substituents is 1. The first kappa shape index (κ1) is 22.2. The largest absolute Gasteiger partial charge is 0.507 e. The lowest BCUT2D eigenvalue weighted by atomic mass is 9.80. The fraction of sp³-hybridized carbons (Fsp3) is 0.0667. The van der Waals surface area contributed by atoms with E-state index in [2.05, 4.69) is 35.7 Å². The van der Waals surface area contributed by atoms with E-state index in [4.69, 9.17) is 4.74 Å². The standard InChI is InChI=1S/C30H24N2O3/c1-20-11-5-6-14-22(20)28-24-16-8-10-18-27(24)35-29(21-12-3-2-4-13-21)25(28)19-31-32-30(34)23-15-7-9-17-26(23)33/h2-19,28,33H,1H3,(H,32,34)/b31-19+. The van der Waals surface area contributed by atoms with Crippen molar-refractivity contribution >= 4 is 17.9 Å². The summed E-state index contributed by atoms with van der Waals surface area (Å²) in [6.45, 7) is 2.09. The molecule has 1 aliphatic rings. The maximum Gasteiger partial charge on any atom is 0.275 e. The molecule has 0 spiro atoms. The molecule has 172 valence electrons. The van der Waals surface area contributed by atoms with E-state index < -0.39 is 5.91 Å². The van der Waals surface area contributed by atoms with Gasteiger partial charge in [0, 0.05) is 22.6 Å². The minimum atomic E-state index is -0.495. The van der Waals surface area contributed by atoms with Gasteiger partial charge >= 0.3 is 0 Å². The number of aryl methyl sites for hydroxylation is 1. The van der Waals surface area contributed by atoms with Crippen LogP contribution in [0.5, 0.6) is 11.5 Å². The molecule has 1 heterocycles. The first-order valence-electron chi connectivity index (χ1n) is 11.4. The minimum Gasteiger partial charge on any atom is -0.507 e. The highest BCUT2D eigenvalue weighted by Gasteiger charge is 2.31. The molecule has 35 heavy (non-hydrogen) atoms. The van der Waals surface area contributed by atoms with Crippen molar-refractivity contribution in [3.63, 3.8) is 0 Å². The van der Waals surface area contributed by atoms with E-state index in [0.717, 1.165) is 33.6 Å². The smallest absolute Gasteiger partial charge is 0.275 e. The highest BCUT2D eigenvalue weighted by atomic mass is 16.5. The van der Waals surface area contributed by atoms with Crippen LogP contribution in [0.15, 0.2) is 114 Å². The Labute approximate surface area is 204 Å². The second-order valence-electron chi connectivity index (χ2n) is 8.30. The number of hydrogen-bond donors (Lipinski definition) is 2. The number of carbonyl (C=O) groups excluding carboxylic acids is 1. The van der Waals surface area contributed by atoms with E-state index in [1.165, 1.54) is 6.07 Å². The predicted octanol–water partition coefficient (Wildman–Crippen LogP) is 6.05. The third-order valence-electron chi connectivity index (χ3n) is 6.07. The molecule has 2 N–H and O–H groups in total. The number of para-hydroxylation sites is 2. The third kappa shape index (κ3) is 4.44. The highest BCUT2D eigenvalue weighted by molar-refractivity contribution is 5.98. The number of nitrogens with one attached hydrogen (secondary N) is 1. The van der Waals surface area contributed by atoms with Crippen LogP contribution in [0.2, 0.25) is 0 Å². The van der Waals surface area contributed by atoms with Crippen molar-refractivity contribution in [3.8, 4) is 11.5 Å². The van der Waals surface area contributed by atoms with Crippen LogP contribution in [0.25, 0.3) is 5.76 Å². The fourth-order valence-electron chi connectivity index (χ4n) is 4.36. The van der Waals surface area contributed by atoms with Crippen molar-refractivity contribution in [3.05, 3.63) is 137 Å². The molecule has 4 aromatic rings. The first-order valence-corrected chi connectivity index (χ1v) is 11.4. The van der Waals surface area contributed by atoms with Gasteiger partial charge in [-0.1, -0.05) is 84.9 Å². The van der Waals surface area contributed by atoms with E-state index in [9.17, 15) is 9.90 Å². The monoisotopic (exact) mass is 460 g/mol. The number of benzene rings is 4. The molecule has 1 atom stereocenters. The summed E-state index contributed by atoms with van der Waals surface area (Å²) in [6.07, 6.45) is 1.65. The van der Waals surface area contributed by atoms with Crippen molar-refractivity contribution in [1.29, 1.82) is 0 Å². The zero-order valence-corrected chi connectivity index (χ0v) is 19.2. The number of aromatic hydroxyl groups is 1. The van der Waals surface area contributed by atoms with Gasteiger partial charge in [0.1, 0.15) is 17.3 Å². The van der Waals surface area contributed by atoms with Gasteiger partial charge in [0.15, 0.2) is 0 Å². The third-order valence-corrected chi connectivity index (χ3v) is 6.07. The van der Waals surface area contributed by atoms with Gasteiger partial charge < -0.3 is 9.84 Å². The average Bonchev–Trinajstić information content (AvgIpc) is 2.89. The molecule has 0 radical (unpaired) electrons. The summed E-state index contributed by atoms with van der Waals surface area (Å²) in [7, 11) is 0. The molecular weight excluding hydrogens is 436 g/mol. The maximum atomic E-state index is 12.6. The molecule has 1 amide bonds. The number of hydrazone groups is 1. The highest BCUT2D eigenvalue weighted by Crippen LogP contribution is 2.45. The van der Waals surface area contributed by atoms with Gasteiger partial charge in [0.05, 0.1) is 11.8 Å². The number of fused-ring (bicyclic) bond motifs is 1. The number of carbonyl (C=O) groups is 1. The summed E-state index contributed by atoms with van der Waals surface area (Å²) in [5.74, 6) is 0.720. The molecule has 0 aliphatic carbocycles. The van der Waals surface area contributed by atoms with E-state index in [-0.39, 0.29) is 17.2 Å². The second kappa shape index (κ2) is 9.69. The van der Waals surface area contributed by atoms with Gasteiger partial charge in [0.2, 0.25) is 0 Å². The van der Waals surface area contributed by atoms with Crippen molar-refractivity contribution in [2.45, 2.75) is 12.8 Å². The molecule has 0 bridgehead atoms. The van der Waals surface area contributed by atoms with Crippen LogP contribution in [0.1, 0.15) is 38.5 Å². The predicted molar refractivity (Wildman–Crippen MR) is 138 cm³/mol. The molecule has 0 fully saturated rings. The Balaban J connectivity index is 1.62. The van der Waals surface area contributed by atoms with Crippen molar-refractivity contribution in [2.75, 3.05) is 0 Å². The van der Waals surface area contributed by atoms with Crippen LogP contribution in [0.4, 0.5) is 0 Å². The Hall–Kier alpha value is -4.64. The first-order chi connectivity index (χ1) is 17.1. The van der Waals surface area contributed by atoms with Gasteiger partial charge in [-0.3, -0.25) is 4.79 Å². The van der Waals surface area contributed by atoms with Gasteiger partial charge in [-0.05, 0) is 36.2 Å². The normalized spacial score (nSPS) is 14.9. The van der Waals surface area contributed by atoms with Crippen LogP contribution in [-0.4, -0.2) is 17.2 Å². The summed E-state index contributed by atoms with van der Waals surface area (Å²) in [4.78, 5) is 12.6. The zero-order chi connectivity index (χ0) is 24.2. The number of allylic oxidation sites excluding steroid dienone is 1. The Morgan fingerprint density at radius 2 is 1.51 bits per heavy atom. The number of nitrogens with zero attached hydrogens (tertiary/aromatic N) is 1. The second-order valence-corrected chi connectivity index (χ2v) is 8.30. The van der Waals surface area contributed by atoms with Gasteiger partial charge in [-0.25, -0.2) is 5.43 Å². The fourth-order valence-corrected chi connectivity index (χ4v) is 4.36. The Morgan fingerprint density at radius 3 is 2.29 bits per heavy atom. The summed E-state index contributed by atoms with van der Waals surface area (Å²) in [5.41, 5.74) is 7.74. The lowest BCUT2D eigenvalue weighted by molar-refractivity contribution is 0.0952. The van der Waals surface area contributed by atoms with E-state index in [0.29, 0.717) is 5.76 Å². The van der Waals surface area contributed by atoms with Crippen LogP contribution >= 0.6 is 0 Å². The lowest BCUT2D eigenvalue weighted by Gasteiger charge is -2.30. The minimum absolute atomic E-state index is 0.0999. The van der Waals surface area contributed by atoms with Crippen LogP contribution in [-0.2, 0) is 0 Å². The van der Waals surface area contributed by atoms with Crippen LogP contribution in [0.3, 0.4) is 0 Å². The quantitative estimate of drug-likeness (QED) is 0.281. The van der Waals surface area contributed by atoms with Gasteiger partial charge in [-0.15, -0.1) is 0 Å². The molecule has 5 heteroatoms. The molecule has 0 saturated carbocycles. The molecule has 0 aromatic heterocycles. The molecular formula is C30H24N2O3. The molecule has 4 aromatic carbocycles. The molecule has 0 saturated heterocycles. The number of amides is 1. The SMILES string of the molecule is Cc1ccccc1C1C(/C=N/NC(=O)c2ccccc2O)=C(c2ccccc2)Oc2ccccc21. The van der Waals surface area contributed by atoms with Crippen molar-refractivity contribution in [2.24, 2.45) is 5.10 Å². The number of hydrogen-bond acceptors (Lipinski definition) is 4. The Kier molecular flexibility index (Phi) is 6.14. The molecule has 5 nitrogen and oxygen atoms in total. The summed E-state index contributed by atoms with van der Waals surface area (Å²) in [6, 6.07) is 32.5.